The second-order valence-electron chi connectivity index (χ2n) is 7.55. The molecule has 0 saturated carbocycles. The van der Waals surface area contributed by atoms with E-state index in [9.17, 15) is 9.59 Å². The molecule has 0 spiro atoms. The van der Waals surface area contributed by atoms with Gasteiger partial charge < -0.3 is 15.4 Å². The van der Waals surface area contributed by atoms with E-state index >= 15 is 0 Å². The van der Waals surface area contributed by atoms with Crippen LogP contribution in [0, 0.1) is 5.92 Å². The van der Waals surface area contributed by atoms with E-state index < -0.39 is 0 Å². The molecule has 2 heterocycles. The first-order chi connectivity index (χ1) is 13.1. The molecule has 0 radical (unpaired) electrons. The molecule has 0 aliphatic carbocycles. The van der Waals surface area contributed by atoms with Gasteiger partial charge >= 0.3 is 0 Å². The van der Waals surface area contributed by atoms with Crippen LogP contribution in [0.2, 0.25) is 0 Å². The normalized spacial score (nSPS) is 22.6. The second kappa shape index (κ2) is 9.22. The molecule has 6 heteroatoms. The number of methoxy groups -OCH3 is 1. The molecule has 2 amide bonds. The molecule has 1 aromatic rings. The third-order valence-corrected chi connectivity index (χ3v) is 5.65. The van der Waals surface area contributed by atoms with Crippen molar-refractivity contribution < 1.29 is 14.3 Å². The fourth-order valence-electron chi connectivity index (χ4n) is 4.31. The zero-order chi connectivity index (χ0) is 19.2. The number of hydrogen-bond donors (Lipinski definition) is 2. The summed E-state index contributed by atoms with van der Waals surface area (Å²) in [6.45, 7) is 4.21. The highest BCUT2D eigenvalue weighted by atomic mass is 16.5. The van der Waals surface area contributed by atoms with Gasteiger partial charge in [0.05, 0.1) is 18.7 Å². The maximum absolute atomic E-state index is 12.9. The van der Waals surface area contributed by atoms with Gasteiger partial charge in [0, 0.05) is 24.2 Å². The number of carbonyl (C=O) groups excluding carboxylic acids is 2. The number of nitrogens with one attached hydrogen (secondary N) is 2. The second-order valence-corrected chi connectivity index (χ2v) is 7.55. The summed E-state index contributed by atoms with van der Waals surface area (Å²) in [4.78, 5) is 27.3. The summed E-state index contributed by atoms with van der Waals surface area (Å²) >= 11 is 0. The van der Waals surface area contributed by atoms with Crippen molar-refractivity contribution in [2.75, 3.05) is 30.8 Å². The van der Waals surface area contributed by atoms with E-state index in [2.05, 4.69) is 15.5 Å². The lowest BCUT2D eigenvalue weighted by Crippen LogP contribution is -2.51. The van der Waals surface area contributed by atoms with E-state index in [-0.39, 0.29) is 17.7 Å². The summed E-state index contributed by atoms with van der Waals surface area (Å²) in [5, 5.41) is 5.93. The van der Waals surface area contributed by atoms with Crippen molar-refractivity contribution in [3.63, 3.8) is 0 Å². The monoisotopic (exact) mass is 373 g/mol. The van der Waals surface area contributed by atoms with Crippen LogP contribution >= 0.6 is 0 Å². The van der Waals surface area contributed by atoms with Crippen molar-refractivity contribution in [2.24, 2.45) is 5.92 Å². The van der Waals surface area contributed by atoms with Gasteiger partial charge in [-0.15, -0.1) is 0 Å². The maximum Gasteiger partial charge on any atom is 0.229 e. The summed E-state index contributed by atoms with van der Waals surface area (Å²) in [5.41, 5.74) is 1.34. The van der Waals surface area contributed by atoms with Gasteiger partial charge in [-0.05, 0) is 57.3 Å². The Morgan fingerprint density at radius 1 is 1.15 bits per heavy atom. The van der Waals surface area contributed by atoms with Crippen LogP contribution in [-0.2, 0) is 9.59 Å². The van der Waals surface area contributed by atoms with Crippen molar-refractivity contribution in [3.05, 3.63) is 18.2 Å². The number of anilines is 2. The Morgan fingerprint density at radius 3 is 2.74 bits per heavy atom. The molecule has 2 aliphatic heterocycles. The molecule has 1 aromatic carbocycles. The molecule has 27 heavy (non-hydrogen) atoms. The average Bonchev–Trinajstić information content (AvgIpc) is 2.68. The quantitative estimate of drug-likeness (QED) is 0.799. The number of rotatable bonds is 6. The SMILES string of the molecule is CCCC(=O)Nc1ccc(NC(=O)[C@@H]2CCCN3CCCC[C@H]23)cc1OC. The molecule has 0 bridgehead atoms. The molecule has 0 aromatic heterocycles. The number of benzene rings is 1. The van der Waals surface area contributed by atoms with Crippen molar-refractivity contribution in [3.8, 4) is 5.75 Å². The van der Waals surface area contributed by atoms with Crippen LogP contribution in [0.4, 0.5) is 11.4 Å². The number of amides is 2. The molecular weight excluding hydrogens is 342 g/mol. The van der Waals surface area contributed by atoms with Gasteiger partial charge in [0.15, 0.2) is 0 Å². The third-order valence-electron chi connectivity index (χ3n) is 5.65. The van der Waals surface area contributed by atoms with Crippen molar-refractivity contribution in [2.45, 2.75) is 57.9 Å². The molecule has 2 fully saturated rings. The summed E-state index contributed by atoms with van der Waals surface area (Å²) in [6, 6.07) is 5.77. The average molecular weight is 373 g/mol. The van der Waals surface area contributed by atoms with Crippen molar-refractivity contribution >= 4 is 23.2 Å². The minimum atomic E-state index is -0.0350. The fraction of sp³-hybridized carbons (Fsp3) is 0.619. The Labute approximate surface area is 161 Å². The van der Waals surface area contributed by atoms with Crippen LogP contribution in [0.3, 0.4) is 0 Å². The number of hydrogen-bond acceptors (Lipinski definition) is 4. The number of nitrogens with zero attached hydrogens (tertiary/aromatic N) is 1. The summed E-state index contributed by atoms with van der Waals surface area (Å²) < 4.78 is 5.40. The van der Waals surface area contributed by atoms with Gasteiger partial charge in [-0.2, -0.15) is 0 Å². The van der Waals surface area contributed by atoms with E-state index in [0.717, 1.165) is 38.8 Å². The lowest BCUT2D eigenvalue weighted by atomic mass is 9.83. The number of carbonyl (C=O) groups is 2. The minimum Gasteiger partial charge on any atom is -0.494 e. The molecule has 148 valence electrons. The molecule has 2 atom stereocenters. The summed E-state index contributed by atoms with van der Waals surface area (Å²) in [7, 11) is 1.57. The number of piperidine rings is 2. The highest BCUT2D eigenvalue weighted by Gasteiger charge is 2.37. The molecular formula is C21H31N3O3. The van der Waals surface area contributed by atoms with Crippen LogP contribution < -0.4 is 15.4 Å². The Balaban J connectivity index is 1.67. The highest BCUT2D eigenvalue weighted by molar-refractivity contribution is 5.95. The molecule has 2 saturated heterocycles. The minimum absolute atomic E-state index is 0.0350. The molecule has 0 unspecified atom stereocenters. The largest absolute Gasteiger partial charge is 0.494 e. The van der Waals surface area contributed by atoms with Crippen molar-refractivity contribution in [1.82, 2.24) is 4.90 Å². The van der Waals surface area contributed by atoms with Crippen LogP contribution in [0.25, 0.3) is 0 Å². The molecule has 3 rings (SSSR count). The van der Waals surface area contributed by atoms with Crippen molar-refractivity contribution in [1.29, 1.82) is 0 Å². The standard InChI is InChI=1S/C21H31N3O3/c1-3-7-20(25)23-17-11-10-15(14-19(17)27-2)22-21(26)16-8-6-13-24-12-5-4-9-18(16)24/h10-11,14,16,18H,3-9,12-13H2,1-2H3,(H,22,26)(H,23,25)/t16-,18-/m1/s1. The number of fused-ring (bicyclic) bond motifs is 1. The first-order valence-corrected chi connectivity index (χ1v) is 10.1. The summed E-state index contributed by atoms with van der Waals surface area (Å²) in [5.74, 6) is 0.665. The first-order valence-electron chi connectivity index (χ1n) is 10.1. The van der Waals surface area contributed by atoms with Crippen LogP contribution in [0.5, 0.6) is 5.75 Å². The van der Waals surface area contributed by atoms with E-state index in [1.54, 1.807) is 19.2 Å². The lowest BCUT2D eigenvalue weighted by molar-refractivity contribution is -0.124. The zero-order valence-electron chi connectivity index (χ0n) is 16.4. The van der Waals surface area contributed by atoms with E-state index in [1.807, 2.05) is 13.0 Å². The fourth-order valence-corrected chi connectivity index (χ4v) is 4.31. The Morgan fingerprint density at radius 2 is 1.96 bits per heavy atom. The van der Waals surface area contributed by atoms with E-state index in [0.29, 0.717) is 29.6 Å². The number of ether oxygens (including phenoxy) is 1. The smallest absolute Gasteiger partial charge is 0.229 e. The highest BCUT2D eigenvalue weighted by Crippen LogP contribution is 2.33. The topological polar surface area (TPSA) is 70.7 Å². The zero-order valence-corrected chi connectivity index (χ0v) is 16.4. The molecule has 6 nitrogen and oxygen atoms in total. The molecule has 2 aliphatic rings. The Hall–Kier alpha value is -2.08. The van der Waals surface area contributed by atoms with Gasteiger partial charge in [0.1, 0.15) is 5.75 Å². The van der Waals surface area contributed by atoms with Gasteiger partial charge in [0.25, 0.3) is 0 Å². The van der Waals surface area contributed by atoms with E-state index in [1.165, 1.54) is 12.8 Å². The Bertz CT molecular complexity index is 675. The third kappa shape index (κ3) is 4.80. The van der Waals surface area contributed by atoms with E-state index in [4.69, 9.17) is 4.74 Å². The van der Waals surface area contributed by atoms with Gasteiger partial charge in [0.2, 0.25) is 11.8 Å². The predicted octanol–water partition coefficient (Wildman–Crippen LogP) is 3.64. The van der Waals surface area contributed by atoms with Crippen LogP contribution in [0.15, 0.2) is 18.2 Å². The van der Waals surface area contributed by atoms with Gasteiger partial charge in [-0.3, -0.25) is 14.5 Å². The first kappa shape index (κ1) is 19.7. The van der Waals surface area contributed by atoms with Crippen LogP contribution in [-0.4, -0.2) is 43.0 Å². The maximum atomic E-state index is 12.9. The summed E-state index contributed by atoms with van der Waals surface area (Å²) in [6.07, 6.45) is 6.88. The lowest BCUT2D eigenvalue weighted by Gasteiger charge is -2.43. The molecule has 2 N–H and O–H groups in total. The van der Waals surface area contributed by atoms with Gasteiger partial charge in [-0.25, -0.2) is 0 Å². The van der Waals surface area contributed by atoms with Gasteiger partial charge in [-0.1, -0.05) is 13.3 Å². The predicted molar refractivity (Wildman–Crippen MR) is 107 cm³/mol. The van der Waals surface area contributed by atoms with Crippen LogP contribution in [0.1, 0.15) is 51.9 Å². The Kier molecular flexibility index (Phi) is 6.72.